The van der Waals surface area contributed by atoms with Crippen LogP contribution in [0.4, 0.5) is 0 Å². The Bertz CT molecular complexity index is 215. The van der Waals surface area contributed by atoms with Gasteiger partial charge in [0, 0.05) is 6.04 Å². The molecule has 0 aromatic carbocycles. The van der Waals surface area contributed by atoms with Crippen molar-refractivity contribution in [1.82, 2.24) is 5.32 Å². The van der Waals surface area contributed by atoms with Crippen LogP contribution in [0.5, 0.6) is 0 Å². The molecule has 2 atom stereocenters. The summed E-state index contributed by atoms with van der Waals surface area (Å²) in [7, 11) is 0. The predicted molar refractivity (Wildman–Crippen MR) is 62.8 cm³/mol. The lowest BCUT2D eigenvalue weighted by Crippen LogP contribution is -2.51. The van der Waals surface area contributed by atoms with E-state index in [4.69, 9.17) is 16.6 Å². The Hall–Kier alpha value is -1.14. The van der Waals surface area contributed by atoms with E-state index in [1.807, 2.05) is 0 Å². The van der Waals surface area contributed by atoms with Gasteiger partial charge in [-0.3, -0.25) is 9.59 Å². The molecular formula is C10H23N3O3. The molecular weight excluding hydrogens is 210 g/mol. The fourth-order valence-corrected chi connectivity index (χ4v) is 0.519. The minimum Gasteiger partial charge on any atom is -0.480 e. The molecule has 16 heavy (non-hydrogen) atoms. The number of carboxylic acids is 1. The molecule has 0 aliphatic carbocycles. The Labute approximate surface area is 96.4 Å². The van der Waals surface area contributed by atoms with Gasteiger partial charge in [-0.1, -0.05) is 20.8 Å². The molecule has 0 saturated carbocycles. The van der Waals surface area contributed by atoms with Crippen LogP contribution in [0.1, 0.15) is 27.7 Å². The molecule has 0 heterocycles. The summed E-state index contributed by atoms with van der Waals surface area (Å²) in [6, 6.07) is -1.34. The highest BCUT2D eigenvalue weighted by Gasteiger charge is 2.17. The van der Waals surface area contributed by atoms with Crippen LogP contribution >= 0.6 is 0 Å². The van der Waals surface area contributed by atoms with Crippen LogP contribution in [0.3, 0.4) is 0 Å². The highest BCUT2D eigenvalue weighted by atomic mass is 16.4. The zero-order valence-electron chi connectivity index (χ0n) is 10.4. The van der Waals surface area contributed by atoms with Crippen molar-refractivity contribution in [2.45, 2.75) is 39.8 Å². The van der Waals surface area contributed by atoms with Gasteiger partial charge in [0.2, 0.25) is 5.91 Å². The van der Waals surface area contributed by atoms with Crippen molar-refractivity contribution in [2.75, 3.05) is 6.54 Å². The Morgan fingerprint density at radius 1 is 1.19 bits per heavy atom. The lowest BCUT2D eigenvalue weighted by Gasteiger charge is -2.13. The Morgan fingerprint density at radius 3 is 1.81 bits per heavy atom. The van der Waals surface area contributed by atoms with Gasteiger partial charge in [0.05, 0.1) is 6.04 Å². The van der Waals surface area contributed by atoms with Crippen LogP contribution in [0.15, 0.2) is 0 Å². The van der Waals surface area contributed by atoms with Crippen LogP contribution < -0.4 is 16.8 Å². The number of rotatable bonds is 4. The molecule has 6 nitrogen and oxygen atoms in total. The summed E-state index contributed by atoms with van der Waals surface area (Å²) in [4.78, 5) is 20.9. The Kier molecular flexibility index (Phi) is 9.83. The molecule has 6 heteroatoms. The second-order valence-corrected chi connectivity index (χ2v) is 4.23. The van der Waals surface area contributed by atoms with Crippen LogP contribution in [0.2, 0.25) is 0 Å². The fraction of sp³-hybridized carbons (Fsp3) is 0.800. The first-order valence-corrected chi connectivity index (χ1v) is 5.19. The minimum atomic E-state index is -1.11. The van der Waals surface area contributed by atoms with Gasteiger partial charge in [0.25, 0.3) is 0 Å². The molecule has 2 unspecified atom stereocenters. The highest BCUT2D eigenvalue weighted by molar-refractivity contribution is 5.85. The summed E-state index contributed by atoms with van der Waals surface area (Å²) in [6.07, 6.45) is 0. The van der Waals surface area contributed by atoms with Crippen molar-refractivity contribution in [3.63, 3.8) is 0 Å². The summed E-state index contributed by atoms with van der Waals surface area (Å²) >= 11 is 0. The summed E-state index contributed by atoms with van der Waals surface area (Å²) < 4.78 is 0. The van der Waals surface area contributed by atoms with Crippen LogP contribution in [-0.4, -0.2) is 35.6 Å². The van der Waals surface area contributed by atoms with Crippen molar-refractivity contribution in [1.29, 1.82) is 0 Å². The Morgan fingerprint density at radius 2 is 1.56 bits per heavy atom. The maximum absolute atomic E-state index is 10.9. The van der Waals surface area contributed by atoms with Crippen molar-refractivity contribution in [2.24, 2.45) is 17.4 Å². The van der Waals surface area contributed by atoms with Crippen LogP contribution in [0.25, 0.3) is 0 Å². The van der Waals surface area contributed by atoms with Crippen molar-refractivity contribution >= 4 is 11.9 Å². The van der Waals surface area contributed by atoms with Crippen LogP contribution in [-0.2, 0) is 9.59 Å². The van der Waals surface area contributed by atoms with Gasteiger partial charge in [-0.25, -0.2) is 0 Å². The largest absolute Gasteiger partial charge is 0.480 e. The zero-order valence-corrected chi connectivity index (χ0v) is 10.4. The van der Waals surface area contributed by atoms with E-state index < -0.39 is 30.5 Å². The van der Waals surface area contributed by atoms with Crippen molar-refractivity contribution in [3.05, 3.63) is 0 Å². The number of carbonyl (C=O) groups is 2. The first-order valence-electron chi connectivity index (χ1n) is 5.19. The molecule has 0 fully saturated rings. The molecule has 0 aliphatic heterocycles. The van der Waals surface area contributed by atoms with E-state index in [1.165, 1.54) is 0 Å². The zero-order chi connectivity index (χ0) is 13.3. The second kappa shape index (κ2) is 9.11. The normalized spacial score (nSPS) is 13.4. The van der Waals surface area contributed by atoms with E-state index in [1.54, 1.807) is 6.92 Å². The molecule has 0 radical (unpaired) electrons. The smallest absolute Gasteiger partial charge is 0.322 e. The molecule has 96 valence electrons. The highest BCUT2D eigenvalue weighted by Crippen LogP contribution is 1.84. The van der Waals surface area contributed by atoms with Gasteiger partial charge in [-0.05, 0) is 12.8 Å². The summed E-state index contributed by atoms with van der Waals surface area (Å²) in [6.45, 7) is 7.64. The van der Waals surface area contributed by atoms with Gasteiger partial charge in [-0.2, -0.15) is 0 Å². The van der Waals surface area contributed by atoms with Crippen molar-refractivity contribution < 1.29 is 14.7 Å². The van der Waals surface area contributed by atoms with E-state index in [2.05, 4.69) is 26.1 Å². The first kappa shape index (κ1) is 17.3. The predicted octanol–water partition coefficient (Wildman–Crippen LogP) is -0.476. The van der Waals surface area contributed by atoms with E-state index in [0.717, 1.165) is 5.92 Å². The maximum Gasteiger partial charge on any atom is 0.322 e. The Balaban J connectivity index is 0. The monoisotopic (exact) mass is 233 g/mol. The van der Waals surface area contributed by atoms with Gasteiger partial charge in [0.15, 0.2) is 0 Å². The first-order chi connectivity index (χ1) is 7.18. The SMILES string of the molecule is CC(C)C.CC(N)C(N)C(=O)NCC(=O)O. The molecule has 0 aliphatic rings. The second-order valence-electron chi connectivity index (χ2n) is 4.23. The average Bonchev–Trinajstić information content (AvgIpc) is 2.11. The lowest BCUT2D eigenvalue weighted by atomic mass is 10.1. The standard InChI is InChI=1S/C6H13N3O3.C4H10/c1-3(7)5(8)6(12)9-2-4(10)11;1-4(2)3/h3,5H,2,7-8H2,1H3,(H,9,12)(H,10,11);4H,1-3H3. The van der Waals surface area contributed by atoms with E-state index >= 15 is 0 Å². The molecule has 6 N–H and O–H groups in total. The summed E-state index contributed by atoms with van der Waals surface area (Å²) in [5, 5.41) is 10.3. The molecule has 0 aromatic heterocycles. The number of nitrogens with one attached hydrogen (secondary N) is 1. The van der Waals surface area contributed by atoms with Crippen molar-refractivity contribution in [3.8, 4) is 0 Å². The topological polar surface area (TPSA) is 118 Å². The third-order valence-electron chi connectivity index (χ3n) is 1.28. The number of amides is 1. The fourth-order valence-electron chi connectivity index (χ4n) is 0.519. The van der Waals surface area contributed by atoms with Gasteiger partial charge in [0.1, 0.15) is 6.54 Å². The minimum absolute atomic E-state index is 0.431. The molecule has 0 bridgehead atoms. The summed E-state index contributed by atoms with van der Waals surface area (Å²) in [5.41, 5.74) is 10.6. The van der Waals surface area contributed by atoms with Gasteiger partial charge >= 0.3 is 5.97 Å². The average molecular weight is 233 g/mol. The van der Waals surface area contributed by atoms with Gasteiger partial charge in [-0.15, -0.1) is 0 Å². The molecule has 1 amide bonds. The number of carbonyl (C=O) groups excluding carboxylic acids is 1. The quantitative estimate of drug-likeness (QED) is 0.523. The molecule has 0 aromatic rings. The number of carboxylic acid groups (broad SMARTS) is 1. The third-order valence-corrected chi connectivity index (χ3v) is 1.28. The molecule has 0 spiro atoms. The van der Waals surface area contributed by atoms with E-state index in [9.17, 15) is 9.59 Å². The number of hydrogen-bond acceptors (Lipinski definition) is 4. The van der Waals surface area contributed by atoms with Crippen LogP contribution in [0, 0.1) is 5.92 Å². The molecule has 0 saturated heterocycles. The number of aliphatic carboxylic acids is 1. The third kappa shape index (κ3) is 12.9. The molecule has 0 rings (SSSR count). The van der Waals surface area contributed by atoms with E-state index in [-0.39, 0.29) is 0 Å². The van der Waals surface area contributed by atoms with Gasteiger partial charge < -0.3 is 21.9 Å². The maximum atomic E-state index is 10.9. The summed E-state index contributed by atoms with van der Waals surface area (Å²) in [5.74, 6) is -0.826. The van der Waals surface area contributed by atoms with E-state index in [0.29, 0.717) is 0 Å². The number of hydrogen-bond donors (Lipinski definition) is 4. The lowest BCUT2D eigenvalue weighted by molar-refractivity contribution is -0.138. The number of nitrogens with two attached hydrogens (primary N) is 2.